The molecule has 230 valence electrons. The first kappa shape index (κ1) is 28.6. The molecule has 0 spiro atoms. The van der Waals surface area contributed by atoms with Gasteiger partial charge in [-0.1, -0.05) is 146 Å². The first-order valence-corrected chi connectivity index (χ1v) is 16.4. The van der Waals surface area contributed by atoms with E-state index in [1.54, 1.807) is 0 Å². The average molecular weight is 628 g/mol. The Morgan fingerprint density at radius 2 is 0.755 bits per heavy atom. The van der Waals surface area contributed by atoms with Crippen LogP contribution in [0.2, 0.25) is 0 Å². The molecule has 0 radical (unpaired) electrons. The molecule has 2 aromatic heterocycles. The fraction of sp³-hybridized carbons (Fsp3) is 0. The van der Waals surface area contributed by atoms with Crippen LogP contribution in [0, 0.1) is 0 Å². The fourth-order valence-corrected chi connectivity index (χ4v) is 6.55. The van der Waals surface area contributed by atoms with Gasteiger partial charge in [-0.2, -0.15) is 0 Å². The largest absolute Gasteiger partial charge is 0.455 e. The summed E-state index contributed by atoms with van der Waals surface area (Å²) in [6, 6.07) is 60.5. The molecule has 0 bridgehead atoms. The molecule has 9 aromatic rings. The lowest BCUT2D eigenvalue weighted by molar-refractivity contribution is 0.669. The monoisotopic (exact) mass is 627 g/mol. The summed E-state index contributed by atoms with van der Waals surface area (Å²) < 4.78 is 6.72. The second kappa shape index (κ2) is 12.2. The maximum Gasteiger partial charge on any atom is 0.167 e. The summed E-state index contributed by atoms with van der Waals surface area (Å²) in [5, 5.41) is 2.07. The Morgan fingerprint density at radius 1 is 0.327 bits per heavy atom. The highest BCUT2D eigenvalue weighted by atomic mass is 16.3. The quantitative estimate of drug-likeness (QED) is 0.184. The predicted octanol–water partition coefficient (Wildman–Crippen LogP) is 11.8. The van der Waals surface area contributed by atoms with E-state index in [1.807, 2.05) is 72.8 Å². The minimum Gasteiger partial charge on any atom is -0.455 e. The fourth-order valence-electron chi connectivity index (χ4n) is 6.55. The van der Waals surface area contributed by atoms with E-state index in [0.717, 1.165) is 60.9 Å². The van der Waals surface area contributed by atoms with Crippen molar-refractivity contribution in [2.24, 2.45) is 0 Å². The van der Waals surface area contributed by atoms with E-state index in [0.29, 0.717) is 17.5 Å². The molecule has 0 fully saturated rings. The van der Waals surface area contributed by atoms with Crippen LogP contribution in [0.3, 0.4) is 0 Å². The Morgan fingerprint density at radius 3 is 1.31 bits per heavy atom. The van der Waals surface area contributed by atoms with E-state index in [9.17, 15) is 0 Å². The van der Waals surface area contributed by atoms with Crippen molar-refractivity contribution in [3.8, 4) is 67.5 Å². The van der Waals surface area contributed by atoms with Crippen molar-refractivity contribution in [2.45, 2.75) is 0 Å². The highest BCUT2D eigenvalue weighted by molar-refractivity contribution is 6.16. The van der Waals surface area contributed by atoms with Gasteiger partial charge in [0.05, 0.1) is 5.56 Å². The number of nitrogens with zero attached hydrogens (tertiary/aromatic N) is 3. The highest BCUT2D eigenvalue weighted by Gasteiger charge is 2.21. The van der Waals surface area contributed by atoms with Crippen molar-refractivity contribution in [3.05, 3.63) is 176 Å². The van der Waals surface area contributed by atoms with Gasteiger partial charge >= 0.3 is 0 Å². The summed E-state index contributed by atoms with van der Waals surface area (Å²) in [7, 11) is 0. The molecule has 4 nitrogen and oxygen atoms in total. The molecule has 0 aliphatic carbocycles. The summed E-state index contributed by atoms with van der Waals surface area (Å²) in [4.78, 5) is 15.0. The Labute approximate surface area is 284 Å². The predicted molar refractivity (Wildman–Crippen MR) is 200 cm³/mol. The lowest BCUT2D eigenvalue weighted by Gasteiger charge is -2.13. The maximum absolute atomic E-state index is 6.72. The van der Waals surface area contributed by atoms with Crippen LogP contribution in [0.15, 0.2) is 180 Å². The summed E-state index contributed by atoms with van der Waals surface area (Å²) in [6.45, 7) is 0. The number of aromatic nitrogens is 3. The van der Waals surface area contributed by atoms with Gasteiger partial charge < -0.3 is 4.42 Å². The van der Waals surface area contributed by atoms with E-state index in [2.05, 4.69) is 103 Å². The number of benzene rings is 7. The van der Waals surface area contributed by atoms with Crippen LogP contribution in [-0.4, -0.2) is 15.0 Å². The number of hydrogen-bond donors (Lipinski definition) is 0. The van der Waals surface area contributed by atoms with Gasteiger partial charge in [0.15, 0.2) is 17.5 Å². The van der Waals surface area contributed by atoms with Crippen LogP contribution in [-0.2, 0) is 0 Å². The molecule has 0 aliphatic heterocycles. The van der Waals surface area contributed by atoms with Crippen LogP contribution in [0.4, 0.5) is 0 Å². The zero-order chi connectivity index (χ0) is 32.6. The van der Waals surface area contributed by atoms with Crippen molar-refractivity contribution in [2.75, 3.05) is 0 Å². The van der Waals surface area contributed by atoms with Crippen LogP contribution in [0.25, 0.3) is 89.5 Å². The lowest BCUT2D eigenvalue weighted by Crippen LogP contribution is -2.00. The Hall–Kier alpha value is -6.65. The molecule has 2 heterocycles. The first-order valence-electron chi connectivity index (χ1n) is 16.4. The van der Waals surface area contributed by atoms with E-state index >= 15 is 0 Å². The lowest BCUT2D eigenvalue weighted by atomic mass is 9.91. The van der Waals surface area contributed by atoms with E-state index in [4.69, 9.17) is 19.4 Å². The number of rotatable bonds is 6. The van der Waals surface area contributed by atoms with E-state index in [-0.39, 0.29) is 0 Å². The second-order valence-corrected chi connectivity index (χ2v) is 12.0. The molecule has 0 saturated heterocycles. The molecule has 0 amide bonds. The Kier molecular flexibility index (Phi) is 7.10. The third-order valence-corrected chi connectivity index (χ3v) is 8.92. The molecular formula is C45H29N3O. The van der Waals surface area contributed by atoms with E-state index < -0.39 is 0 Å². The number of fused-ring (bicyclic) bond motifs is 3. The summed E-state index contributed by atoms with van der Waals surface area (Å²) in [5.41, 5.74) is 11.0. The first-order chi connectivity index (χ1) is 24.3. The third kappa shape index (κ3) is 5.35. The molecular weight excluding hydrogens is 599 g/mol. The topological polar surface area (TPSA) is 51.8 Å². The van der Waals surface area contributed by atoms with Crippen molar-refractivity contribution in [1.29, 1.82) is 0 Å². The third-order valence-electron chi connectivity index (χ3n) is 8.92. The summed E-state index contributed by atoms with van der Waals surface area (Å²) >= 11 is 0. The minimum absolute atomic E-state index is 0.561. The average Bonchev–Trinajstić information content (AvgIpc) is 3.58. The van der Waals surface area contributed by atoms with Crippen molar-refractivity contribution in [1.82, 2.24) is 15.0 Å². The molecule has 4 heteroatoms. The number of para-hydroxylation sites is 1. The second-order valence-electron chi connectivity index (χ2n) is 12.0. The number of furan rings is 1. The molecule has 0 N–H and O–H groups in total. The van der Waals surface area contributed by atoms with Gasteiger partial charge in [0.2, 0.25) is 0 Å². The smallest absolute Gasteiger partial charge is 0.167 e. The minimum atomic E-state index is 0.561. The molecule has 7 aromatic carbocycles. The molecule has 0 unspecified atom stereocenters. The van der Waals surface area contributed by atoms with Gasteiger partial charge in [-0.3, -0.25) is 0 Å². The normalized spacial score (nSPS) is 11.3. The van der Waals surface area contributed by atoms with Crippen LogP contribution in [0.5, 0.6) is 0 Å². The molecule has 0 aliphatic rings. The SMILES string of the molecule is c1ccc(-c2cc(-c3ccccc3)cc(-c3ccc(-c4nc(-c5ccccc5)nc(-c5ccccc5)n4)c4oc5ccccc5c34)c2)cc1. The van der Waals surface area contributed by atoms with Gasteiger partial charge in [-0.25, -0.2) is 15.0 Å². The zero-order valence-corrected chi connectivity index (χ0v) is 26.5. The van der Waals surface area contributed by atoms with Gasteiger partial charge in [0.1, 0.15) is 11.2 Å². The highest BCUT2D eigenvalue weighted by Crippen LogP contribution is 2.43. The molecule has 9 rings (SSSR count). The molecule has 49 heavy (non-hydrogen) atoms. The van der Waals surface area contributed by atoms with Gasteiger partial charge in [-0.05, 0) is 63.7 Å². The molecule has 0 atom stereocenters. The molecule has 0 saturated carbocycles. The maximum atomic E-state index is 6.72. The van der Waals surface area contributed by atoms with Gasteiger partial charge in [0, 0.05) is 21.9 Å². The zero-order valence-electron chi connectivity index (χ0n) is 26.5. The summed E-state index contributed by atoms with van der Waals surface area (Å²) in [5.74, 6) is 1.79. The summed E-state index contributed by atoms with van der Waals surface area (Å²) in [6.07, 6.45) is 0. The van der Waals surface area contributed by atoms with Crippen molar-refractivity contribution in [3.63, 3.8) is 0 Å². The Balaban J connectivity index is 1.31. The van der Waals surface area contributed by atoms with Crippen LogP contribution in [0.1, 0.15) is 0 Å². The van der Waals surface area contributed by atoms with Gasteiger partial charge in [-0.15, -0.1) is 0 Å². The van der Waals surface area contributed by atoms with Crippen LogP contribution >= 0.6 is 0 Å². The number of hydrogen-bond acceptors (Lipinski definition) is 4. The Bertz CT molecular complexity index is 2460. The van der Waals surface area contributed by atoms with Gasteiger partial charge in [0.25, 0.3) is 0 Å². The van der Waals surface area contributed by atoms with E-state index in [1.165, 1.54) is 11.1 Å². The van der Waals surface area contributed by atoms with Crippen molar-refractivity contribution >= 4 is 21.9 Å². The standard InChI is InChI=1S/C45H29N3O/c1-5-15-30(16-6-1)34-27-35(31-17-7-2-8-18-31)29-36(28-34)37-25-26-39(42-41(37)38-23-13-14-24-40(38)49-42)45-47-43(32-19-9-3-10-20-32)46-44(48-45)33-21-11-4-12-22-33/h1-29H. The van der Waals surface area contributed by atoms with Crippen LogP contribution < -0.4 is 0 Å². The van der Waals surface area contributed by atoms with Crippen molar-refractivity contribution < 1.29 is 4.42 Å².